The Labute approximate surface area is 167 Å². The van der Waals surface area contributed by atoms with Gasteiger partial charge < -0.3 is 18.9 Å². The standard InChI is InChI=1S/C20H24BrNO5/c1-24-10-15-5-6-16(18(12-26-3)17(15)11-25-2)20(23)19-7-4-14(8-22-19)9-27-13-21/h4-8H,9-13H2,1-3H3. The fraction of sp³-hybridized carbons (Fsp3) is 0.400. The Morgan fingerprint density at radius 1 is 0.926 bits per heavy atom. The molecule has 146 valence electrons. The van der Waals surface area contributed by atoms with Gasteiger partial charge in [0.2, 0.25) is 5.78 Å². The number of carbonyl (C=O) groups is 1. The molecule has 0 radical (unpaired) electrons. The zero-order valence-electron chi connectivity index (χ0n) is 15.8. The molecular formula is C20H24BrNO5. The average Bonchev–Trinajstić information content (AvgIpc) is 2.69. The third-order valence-electron chi connectivity index (χ3n) is 4.05. The second-order valence-electron chi connectivity index (χ2n) is 5.87. The topological polar surface area (TPSA) is 66.9 Å². The molecule has 0 aliphatic rings. The van der Waals surface area contributed by atoms with Crippen LogP contribution in [-0.4, -0.2) is 37.6 Å². The van der Waals surface area contributed by atoms with Crippen molar-refractivity contribution in [1.29, 1.82) is 0 Å². The second kappa shape index (κ2) is 11.3. The third-order valence-corrected chi connectivity index (χ3v) is 4.38. The van der Waals surface area contributed by atoms with Crippen LogP contribution in [0.3, 0.4) is 0 Å². The van der Waals surface area contributed by atoms with Crippen molar-refractivity contribution in [3.8, 4) is 0 Å². The highest BCUT2D eigenvalue weighted by molar-refractivity contribution is 9.09. The summed E-state index contributed by atoms with van der Waals surface area (Å²) in [4.78, 5) is 17.4. The lowest BCUT2D eigenvalue weighted by Gasteiger charge is -2.17. The Kier molecular flexibility index (Phi) is 9.03. The minimum absolute atomic E-state index is 0.156. The fourth-order valence-corrected chi connectivity index (χ4v) is 2.98. The number of methoxy groups -OCH3 is 3. The number of alkyl halides is 1. The van der Waals surface area contributed by atoms with Crippen LogP contribution in [0.5, 0.6) is 0 Å². The largest absolute Gasteiger partial charge is 0.380 e. The van der Waals surface area contributed by atoms with Crippen molar-refractivity contribution in [3.05, 3.63) is 64.0 Å². The summed E-state index contributed by atoms with van der Waals surface area (Å²) in [5.41, 5.74) is 4.96. The Balaban J connectivity index is 2.40. The monoisotopic (exact) mass is 437 g/mol. The van der Waals surface area contributed by atoms with Gasteiger partial charge >= 0.3 is 0 Å². The number of carbonyl (C=O) groups excluding carboxylic acids is 1. The van der Waals surface area contributed by atoms with Gasteiger partial charge in [-0.05, 0) is 28.3 Å². The molecule has 27 heavy (non-hydrogen) atoms. The van der Waals surface area contributed by atoms with Gasteiger partial charge in [-0.15, -0.1) is 0 Å². The lowest BCUT2D eigenvalue weighted by atomic mass is 9.93. The molecule has 0 aliphatic heterocycles. The minimum Gasteiger partial charge on any atom is -0.380 e. The summed E-state index contributed by atoms with van der Waals surface area (Å²) >= 11 is 3.21. The van der Waals surface area contributed by atoms with Gasteiger partial charge in [0, 0.05) is 33.1 Å². The maximum atomic E-state index is 13.1. The van der Waals surface area contributed by atoms with Crippen LogP contribution in [-0.2, 0) is 45.4 Å². The van der Waals surface area contributed by atoms with Crippen molar-refractivity contribution in [1.82, 2.24) is 4.98 Å². The van der Waals surface area contributed by atoms with Crippen molar-refractivity contribution >= 4 is 21.7 Å². The number of hydrogen-bond donors (Lipinski definition) is 0. The molecule has 0 atom stereocenters. The van der Waals surface area contributed by atoms with Gasteiger partial charge in [0.15, 0.2) is 0 Å². The van der Waals surface area contributed by atoms with E-state index in [1.165, 1.54) is 0 Å². The Morgan fingerprint density at radius 2 is 1.63 bits per heavy atom. The Morgan fingerprint density at radius 3 is 2.22 bits per heavy atom. The van der Waals surface area contributed by atoms with E-state index < -0.39 is 0 Å². The maximum Gasteiger partial charge on any atom is 0.211 e. The van der Waals surface area contributed by atoms with Crippen LogP contribution in [0.4, 0.5) is 0 Å². The lowest BCUT2D eigenvalue weighted by molar-refractivity contribution is 0.102. The van der Waals surface area contributed by atoms with Gasteiger partial charge in [-0.25, -0.2) is 0 Å². The highest BCUT2D eigenvalue weighted by Crippen LogP contribution is 2.24. The number of aromatic nitrogens is 1. The molecule has 0 spiro atoms. The SMILES string of the molecule is COCc1ccc(C(=O)c2ccc(COCBr)cn2)c(COC)c1COC. The number of hydrogen-bond acceptors (Lipinski definition) is 6. The molecule has 2 rings (SSSR count). The van der Waals surface area contributed by atoms with E-state index in [2.05, 4.69) is 20.9 Å². The first-order chi connectivity index (χ1) is 13.2. The summed E-state index contributed by atoms with van der Waals surface area (Å²) in [6.07, 6.45) is 1.65. The highest BCUT2D eigenvalue weighted by atomic mass is 79.9. The summed E-state index contributed by atoms with van der Waals surface area (Å²) in [7, 11) is 4.86. The predicted octanol–water partition coefficient (Wildman–Crippen LogP) is 3.62. The zero-order valence-corrected chi connectivity index (χ0v) is 17.4. The van der Waals surface area contributed by atoms with Crippen molar-refractivity contribution in [2.24, 2.45) is 0 Å². The van der Waals surface area contributed by atoms with Gasteiger partial charge in [0.1, 0.15) is 11.2 Å². The van der Waals surface area contributed by atoms with Crippen LogP contribution in [0, 0.1) is 0 Å². The molecule has 0 unspecified atom stereocenters. The van der Waals surface area contributed by atoms with Gasteiger partial charge in [0.05, 0.1) is 26.4 Å². The van der Waals surface area contributed by atoms with E-state index >= 15 is 0 Å². The maximum absolute atomic E-state index is 13.1. The van der Waals surface area contributed by atoms with Crippen LogP contribution in [0.15, 0.2) is 30.5 Å². The van der Waals surface area contributed by atoms with E-state index in [0.29, 0.717) is 43.2 Å². The molecule has 1 aromatic carbocycles. The van der Waals surface area contributed by atoms with Gasteiger partial charge in [-0.3, -0.25) is 9.78 Å². The van der Waals surface area contributed by atoms with E-state index in [1.807, 2.05) is 12.1 Å². The van der Waals surface area contributed by atoms with Crippen molar-refractivity contribution in [3.63, 3.8) is 0 Å². The Bertz CT molecular complexity index is 749. The number of ether oxygens (including phenoxy) is 4. The molecule has 2 aromatic rings. The first-order valence-corrected chi connectivity index (χ1v) is 9.52. The second-order valence-corrected chi connectivity index (χ2v) is 6.32. The molecular weight excluding hydrogens is 414 g/mol. The lowest BCUT2D eigenvalue weighted by Crippen LogP contribution is -2.13. The number of rotatable bonds is 11. The fourth-order valence-electron chi connectivity index (χ4n) is 2.82. The third kappa shape index (κ3) is 5.67. The van der Waals surface area contributed by atoms with Gasteiger partial charge in [0.25, 0.3) is 0 Å². The predicted molar refractivity (Wildman–Crippen MR) is 105 cm³/mol. The summed E-state index contributed by atoms with van der Waals surface area (Å²) in [6.45, 7) is 1.54. The molecule has 7 heteroatoms. The normalized spacial score (nSPS) is 11.0. The van der Waals surface area contributed by atoms with Crippen LogP contribution in [0.1, 0.15) is 38.3 Å². The summed E-state index contributed by atoms with van der Waals surface area (Å²) < 4.78 is 21.2. The van der Waals surface area contributed by atoms with E-state index in [1.54, 1.807) is 39.7 Å². The Hall–Kier alpha value is -1.64. The van der Waals surface area contributed by atoms with Gasteiger partial charge in [-0.2, -0.15) is 0 Å². The van der Waals surface area contributed by atoms with Crippen molar-refractivity contribution in [2.75, 3.05) is 26.8 Å². The van der Waals surface area contributed by atoms with Crippen LogP contribution in [0.2, 0.25) is 0 Å². The molecule has 0 aliphatic carbocycles. The number of pyridine rings is 1. The first kappa shape index (κ1) is 21.7. The molecule has 0 saturated heterocycles. The summed E-state index contributed by atoms with van der Waals surface area (Å²) in [5, 5.41) is 0. The average molecular weight is 438 g/mol. The number of halogens is 1. The molecule has 0 amide bonds. The minimum atomic E-state index is -0.156. The molecule has 1 aromatic heterocycles. The van der Waals surface area contributed by atoms with E-state index in [9.17, 15) is 4.79 Å². The first-order valence-electron chi connectivity index (χ1n) is 8.40. The molecule has 1 heterocycles. The molecule has 0 fully saturated rings. The molecule has 6 nitrogen and oxygen atoms in total. The van der Waals surface area contributed by atoms with Gasteiger partial charge in [-0.1, -0.05) is 34.1 Å². The van der Waals surface area contributed by atoms with Crippen LogP contribution in [0.25, 0.3) is 0 Å². The molecule has 0 N–H and O–H groups in total. The molecule has 0 bridgehead atoms. The zero-order chi connectivity index (χ0) is 19.6. The van der Waals surface area contributed by atoms with E-state index in [-0.39, 0.29) is 5.78 Å². The van der Waals surface area contributed by atoms with Crippen molar-refractivity contribution in [2.45, 2.75) is 26.4 Å². The van der Waals surface area contributed by atoms with Crippen LogP contribution < -0.4 is 0 Å². The van der Waals surface area contributed by atoms with E-state index in [0.717, 1.165) is 22.3 Å². The summed E-state index contributed by atoms with van der Waals surface area (Å²) in [6, 6.07) is 7.25. The quantitative estimate of drug-likeness (QED) is 0.395. The van der Waals surface area contributed by atoms with Crippen molar-refractivity contribution < 1.29 is 23.7 Å². The molecule has 0 saturated carbocycles. The van der Waals surface area contributed by atoms with Crippen LogP contribution >= 0.6 is 15.9 Å². The number of nitrogens with zero attached hydrogens (tertiary/aromatic N) is 1. The summed E-state index contributed by atoms with van der Waals surface area (Å²) in [5.74, 6) is -0.156. The highest BCUT2D eigenvalue weighted by Gasteiger charge is 2.20. The number of benzene rings is 1. The van der Waals surface area contributed by atoms with E-state index in [4.69, 9.17) is 18.9 Å². The smallest absolute Gasteiger partial charge is 0.211 e. The number of ketones is 1.